The molecule has 0 aliphatic rings. The Morgan fingerprint density at radius 3 is 2.72 bits per heavy atom. The first-order valence-corrected chi connectivity index (χ1v) is 5.81. The van der Waals surface area contributed by atoms with Crippen molar-refractivity contribution in [2.45, 2.75) is 19.4 Å². The van der Waals surface area contributed by atoms with Crippen molar-refractivity contribution in [2.75, 3.05) is 20.7 Å². The second kappa shape index (κ2) is 9.74. The summed E-state index contributed by atoms with van der Waals surface area (Å²) in [6, 6.07) is 7.69. The molecule has 0 aliphatic carbocycles. The zero-order valence-corrected chi connectivity index (χ0v) is 11.7. The molecule has 1 aromatic carbocycles. The third-order valence-corrected chi connectivity index (χ3v) is 2.50. The molecule has 1 rings (SSSR count). The summed E-state index contributed by atoms with van der Waals surface area (Å²) >= 11 is 0. The number of carbonyl (C=O) groups excluding carboxylic acids is 1. The molecule has 0 fully saturated rings. The molecule has 0 unspecified atom stereocenters. The molecule has 0 aromatic heterocycles. The molecule has 1 aromatic rings. The summed E-state index contributed by atoms with van der Waals surface area (Å²) in [6.07, 6.45) is 1.41. The van der Waals surface area contributed by atoms with Crippen molar-refractivity contribution in [3.05, 3.63) is 29.8 Å². The number of carbonyl (C=O) groups is 1. The molecule has 2 N–H and O–H groups in total. The number of para-hydroxylation sites is 1. The van der Waals surface area contributed by atoms with Crippen LogP contribution in [0, 0.1) is 0 Å². The molecule has 0 saturated carbocycles. The minimum Gasteiger partial charge on any atom is -0.496 e. The Balaban J connectivity index is 0.00000289. The first-order valence-electron chi connectivity index (χ1n) is 5.81. The topological polar surface area (TPSA) is 50.4 Å². The van der Waals surface area contributed by atoms with Crippen molar-refractivity contribution in [3.63, 3.8) is 0 Å². The van der Waals surface area contributed by atoms with Crippen molar-refractivity contribution in [1.29, 1.82) is 0 Å². The van der Waals surface area contributed by atoms with Crippen LogP contribution in [0.1, 0.15) is 18.4 Å². The van der Waals surface area contributed by atoms with E-state index < -0.39 is 0 Å². The maximum absolute atomic E-state index is 11.5. The lowest BCUT2D eigenvalue weighted by atomic mass is 10.2. The summed E-state index contributed by atoms with van der Waals surface area (Å²) in [7, 11) is 3.51. The summed E-state index contributed by atoms with van der Waals surface area (Å²) in [5.74, 6) is 0.884. The van der Waals surface area contributed by atoms with E-state index in [-0.39, 0.29) is 18.3 Å². The van der Waals surface area contributed by atoms with Crippen molar-refractivity contribution in [1.82, 2.24) is 10.6 Å². The molecule has 5 heteroatoms. The Kier molecular flexibility index (Phi) is 9.06. The van der Waals surface area contributed by atoms with Crippen molar-refractivity contribution >= 4 is 18.3 Å². The number of hydrogen-bond acceptors (Lipinski definition) is 3. The first kappa shape index (κ1) is 16.7. The van der Waals surface area contributed by atoms with Gasteiger partial charge < -0.3 is 15.4 Å². The predicted molar refractivity (Wildman–Crippen MR) is 75.2 cm³/mol. The molecule has 0 aliphatic heterocycles. The van der Waals surface area contributed by atoms with E-state index in [4.69, 9.17) is 4.74 Å². The van der Waals surface area contributed by atoms with E-state index in [9.17, 15) is 4.79 Å². The predicted octanol–water partition coefficient (Wildman–Crippen LogP) is 1.73. The summed E-state index contributed by atoms with van der Waals surface area (Å²) in [4.78, 5) is 11.5. The van der Waals surface area contributed by atoms with Gasteiger partial charge in [0.1, 0.15) is 5.75 Å². The minimum absolute atomic E-state index is 0. The number of amides is 1. The molecular weight excluding hydrogens is 252 g/mol. The second-order valence-corrected chi connectivity index (χ2v) is 3.80. The number of nitrogens with one attached hydrogen (secondary N) is 2. The number of rotatable bonds is 7. The summed E-state index contributed by atoms with van der Waals surface area (Å²) in [5, 5.41) is 5.90. The van der Waals surface area contributed by atoms with Crippen LogP contribution >= 0.6 is 12.4 Å². The monoisotopic (exact) mass is 272 g/mol. The van der Waals surface area contributed by atoms with Crippen molar-refractivity contribution in [3.8, 4) is 5.75 Å². The maximum atomic E-state index is 11.5. The number of benzene rings is 1. The summed E-state index contributed by atoms with van der Waals surface area (Å²) in [5.41, 5.74) is 0.997. The highest BCUT2D eigenvalue weighted by Crippen LogP contribution is 2.16. The third kappa shape index (κ3) is 5.89. The Hall–Kier alpha value is -1.26. The van der Waals surface area contributed by atoms with Gasteiger partial charge in [-0.2, -0.15) is 0 Å². The molecular formula is C13H21ClN2O2. The lowest BCUT2D eigenvalue weighted by Crippen LogP contribution is -2.23. The van der Waals surface area contributed by atoms with Gasteiger partial charge in [-0.15, -0.1) is 12.4 Å². The fraction of sp³-hybridized carbons (Fsp3) is 0.462. The van der Waals surface area contributed by atoms with Crippen molar-refractivity contribution in [2.24, 2.45) is 0 Å². The standard InChI is InChI=1S/C13H20N2O2.ClH/c1-14-9-5-8-13(16)15-10-11-6-3-4-7-12(11)17-2;/h3-4,6-7,14H,5,8-10H2,1-2H3,(H,15,16);1H. The third-order valence-electron chi connectivity index (χ3n) is 2.50. The lowest BCUT2D eigenvalue weighted by molar-refractivity contribution is -0.121. The van der Waals surface area contributed by atoms with E-state index in [1.165, 1.54) is 0 Å². The Bertz CT molecular complexity index is 359. The number of methoxy groups -OCH3 is 1. The minimum atomic E-state index is 0. The molecule has 4 nitrogen and oxygen atoms in total. The van der Waals surface area contributed by atoms with Gasteiger partial charge in [-0.25, -0.2) is 0 Å². The highest BCUT2D eigenvalue weighted by atomic mass is 35.5. The Morgan fingerprint density at radius 2 is 2.06 bits per heavy atom. The van der Waals surface area contributed by atoms with Gasteiger partial charge >= 0.3 is 0 Å². The van der Waals surface area contributed by atoms with Crippen LogP contribution in [0.4, 0.5) is 0 Å². The molecule has 0 spiro atoms. The molecule has 18 heavy (non-hydrogen) atoms. The molecule has 0 heterocycles. The van der Waals surface area contributed by atoms with Crippen LogP contribution in [0.2, 0.25) is 0 Å². The van der Waals surface area contributed by atoms with Crippen LogP contribution < -0.4 is 15.4 Å². The highest BCUT2D eigenvalue weighted by molar-refractivity contribution is 5.85. The number of ether oxygens (including phenoxy) is 1. The molecule has 1 amide bonds. The van der Waals surface area contributed by atoms with Gasteiger partial charge in [-0.1, -0.05) is 18.2 Å². The molecule has 0 bridgehead atoms. The van der Waals surface area contributed by atoms with Crippen LogP contribution in [0.25, 0.3) is 0 Å². The average molecular weight is 273 g/mol. The first-order chi connectivity index (χ1) is 8.27. The van der Waals surface area contributed by atoms with Crippen LogP contribution in [-0.2, 0) is 11.3 Å². The number of halogens is 1. The SMILES string of the molecule is CNCCCC(=O)NCc1ccccc1OC.Cl. The number of hydrogen-bond donors (Lipinski definition) is 2. The summed E-state index contributed by atoms with van der Waals surface area (Å²) < 4.78 is 5.21. The Morgan fingerprint density at radius 1 is 1.33 bits per heavy atom. The quantitative estimate of drug-likeness (QED) is 0.744. The maximum Gasteiger partial charge on any atom is 0.220 e. The molecule has 0 atom stereocenters. The van der Waals surface area contributed by atoms with E-state index >= 15 is 0 Å². The van der Waals surface area contributed by atoms with E-state index in [0.29, 0.717) is 13.0 Å². The lowest BCUT2D eigenvalue weighted by Gasteiger charge is -2.09. The van der Waals surface area contributed by atoms with E-state index in [0.717, 1.165) is 24.3 Å². The van der Waals surface area contributed by atoms with E-state index in [1.54, 1.807) is 7.11 Å². The normalized spacial score (nSPS) is 9.44. The highest BCUT2D eigenvalue weighted by Gasteiger charge is 2.04. The Labute approximate surface area is 115 Å². The largest absolute Gasteiger partial charge is 0.496 e. The van der Waals surface area contributed by atoms with Gasteiger partial charge in [-0.3, -0.25) is 4.79 Å². The van der Waals surface area contributed by atoms with Gasteiger partial charge in [0.2, 0.25) is 5.91 Å². The van der Waals surface area contributed by atoms with Gasteiger partial charge in [0.15, 0.2) is 0 Å². The molecule has 0 saturated heterocycles. The zero-order valence-electron chi connectivity index (χ0n) is 10.9. The smallest absolute Gasteiger partial charge is 0.220 e. The van der Waals surface area contributed by atoms with E-state index in [2.05, 4.69) is 10.6 Å². The fourth-order valence-electron chi connectivity index (χ4n) is 1.56. The van der Waals surface area contributed by atoms with Gasteiger partial charge in [0.05, 0.1) is 7.11 Å². The van der Waals surface area contributed by atoms with Crippen LogP contribution in [0.15, 0.2) is 24.3 Å². The van der Waals surface area contributed by atoms with E-state index in [1.807, 2.05) is 31.3 Å². The van der Waals surface area contributed by atoms with Gasteiger partial charge in [-0.05, 0) is 26.1 Å². The van der Waals surface area contributed by atoms with Crippen LogP contribution in [0.5, 0.6) is 5.75 Å². The fourth-order valence-corrected chi connectivity index (χ4v) is 1.56. The van der Waals surface area contributed by atoms with Gasteiger partial charge in [0.25, 0.3) is 0 Å². The van der Waals surface area contributed by atoms with Crippen LogP contribution in [-0.4, -0.2) is 26.6 Å². The summed E-state index contributed by atoms with van der Waals surface area (Å²) in [6.45, 7) is 1.38. The van der Waals surface area contributed by atoms with Crippen molar-refractivity contribution < 1.29 is 9.53 Å². The average Bonchev–Trinajstić information content (AvgIpc) is 2.37. The molecule has 102 valence electrons. The van der Waals surface area contributed by atoms with Gasteiger partial charge in [0, 0.05) is 18.5 Å². The zero-order chi connectivity index (χ0) is 12.5. The second-order valence-electron chi connectivity index (χ2n) is 3.80. The van der Waals surface area contributed by atoms with Crippen LogP contribution in [0.3, 0.4) is 0 Å². The molecule has 0 radical (unpaired) electrons.